The van der Waals surface area contributed by atoms with Crippen LogP contribution in [0.2, 0.25) is 0 Å². The van der Waals surface area contributed by atoms with E-state index in [4.69, 9.17) is 9.47 Å². The summed E-state index contributed by atoms with van der Waals surface area (Å²) in [6.45, 7) is 13.0. The molecule has 1 aliphatic carbocycles. The molecule has 1 atom stereocenters. The van der Waals surface area contributed by atoms with E-state index in [1.54, 1.807) is 0 Å². The lowest BCUT2D eigenvalue weighted by molar-refractivity contribution is -0.153. The van der Waals surface area contributed by atoms with Gasteiger partial charge in [0.05, 0.1) is 0 Å². The normalized spacial score (nSPS) is 22.5. The number of hydrogen-bond acceptors (Lipinski definition) is 4. The van der Waals surface area contributed by atoms with Crippen molar-refractivity contribution < 1.29 is 19.1 Å². The second-order valence-corrected chi connectivity index (χ2v) is 8.86. The van der Waals surface area contributed by atoms with Crippen LogP contribution in [0.1, 0.15) is 92.9 Å². The highest BCUT2D eigenvalue weighted by Gasteiger charge is 2.31. The maximum atomic E-state index is 12.0. The summed E-state index contributed by atoms with van der Waals surface area (Å²) in [6, 6.07) is 0. The number of hydrogen-bond donors (Lipinski definition) is 0. The molecular weight excluding hydrogens is 316 g/mol. The van der Waals surface area contributed by atoms with Crippen LogP contribution in [-0.2, 0) is 19.1 Å². The van der Waals surface area contributed by atoms with Gasteiger partial charge in [-0.25, -0.2) is 0 Å². The molecule has 1 fully saturated rings. The predicted octanol–water partition coefficient (Wildman–Crippen LogP) is 5.28. The van der Waals surface area contributed by atoms with E-state index in [1.807, 2.05) is 20.8 Å². The zero-order valence-electron chi connectivity index (χ0n) is 17.1. The van der Waals surface area contributed by atoms with Crippen LogP contribution in [0.15, 0.2) is 0 Å². The van der Waals surface area contributed by atoms with E-state index in [-0.39, 0.29) is 30.6 Å². The molecule has 4 heteroatoms. The van der Waals surface area contributed by atoms with Crippen LogP contribution in [0.3, 0.4) is 0 Å². The molecule has 4 nitrogen and oxygen atoms in total. The lowest BCUT2D eigenvalue weighted by Crippen LogP contribution is -2.30. The molecule has 0 aromatic carbocycles. The Balaban J connectivity index is 2.20. The van der Waals surface area contributed by atoms with Crippen molar-refractivity contribution in [2.24, 2.45) is 17.3 Å². The average molecular weight is 355 g/mol. The van der Waals surface area contributed by atoms with Gasteiger partial charge in [-0.1, -0.05) is 41.5 Å². The molecule has 1 saturated carbocycles. The van der Waals surface area contributed by atoms with Crippen LogP contribution in [0.25, 0.3) is 0 Å². The van der Waals surface area contributed by atoms with E-state index < -0.39 is 0 Å². The van der Waals surface area contributed by atoms with Crippen molar-refractivity contribution in [3.63, 3.8) is 0 Å². The number of rotatable bonds is 8. The van der Waals surface area contributed by atoms with Gasteiger partial charge in [-0.15, -0.1) is 0 Å². The van der Waals surface area contributed by atoms with Crippen molar-refractivity contribution in [1.29, 1.82) is 0 Å². The number of esters is 2. The van der Waals surface area contributed by atoms with Gasteiger partial charge < -0.3 is 9.47 Å². The van der Waals surface area contributed by atoms with Gasteiger partial charge in [0.2, 0.25) is 0 Å². The molecule has 25 heavy (non-hydrogen) atoms. The summed E-state index contributed by atoms with van der Waals surface area (Å²) in [4.78, 5) is 23.8. The van der Waals surface area contributed by atoms with E-state index in [2.05, 4.69) is 20.8 Å². The van der Waals surface area contributed by atoms with Crippen LogP contribution in [0.4, 0.5) is 0 Å². The first-order valence-electron chi connectivity index (χ1n) is 10.0. The summed E-state index contributed by atoms with van der Waals surface area (Å²) >= 11 is 0. The Bertz CT molecular complexity index is 414. The summed E-state index contributed by atoms with van der Waals surface area (Å²) in [5, 5.41) is 0. The lowest BCUT2D eigenvalue weighted by Gasteiger charge is -2.36. The van der Waals surface area contributed by atoms with Crippen LogP contribution in [0.5, 0.6) is 0 Å². The minimum absolute atomic E-state index is 0.0301. The highest BCUT2D eigenvalue weighted by molar-refractivity contribution is 5.72. The zero-order valence-corrected chi connectivity index (χ0v) is 17.1. The fourth-order valence-corrected chi connectivity index (χ4v) is 3.59. The number of ether oxygens (including phenoxy) is 2. The number of carbonyl (C=O) groups excluding carboxylic acids is 2. The molecule has 1 unspecified atom stereocenters. The van der Waals surface area contributed by atoms with Crippen molar-refractivity contribution >= 4 is 11.9 Å². The first-order valence-corrected chi connectivity index (χ1v) is 10.0. The smallest absolute Gasteiger partial charge is 0.306 e. The van der Waals surface area contributed by atoms with Crippen molar-refractivity contribution in [2.75, 3.05) is 0 Å². The molecular formula is C21H38O4. The van der Waals surface area contributed by atoms with Crippen LogP contribution in [0, 0.1) is 17.3 Å². The van der Waals surface area contributed by atoms with Crippen LogP contribution in [-0.4, -0.2) is 24.1 Å². The van der Waals surface area contributed by atoms with Crippen LogP contribution >= 0.6 is 0 Å². The maximum absolute atomic E-state index is 12.0. The minimum Gasteiger partial charge on any atom is -0.462 e. The van der Waals surface area contributed by atoms with Gasteiger partial charge in [-0.2, -0.15) is 0 Å². The molecule has 1 aliphatic rings. The molecule has 0 spiro atoms. The fourth-order valence-electron chi connectivity index (χ4n) is 3.59. The molecule has 0 saturated heterocycles. The lowest BCUT2D eigenvalue weighted by atomic mass is 9.72. The molecule has 0 aromatic rings. The molecule has 146 valence electrons. The van der Waals surface area contributed by atoms with Crippen LogP contribution < -0.4 is 0 Å². The topological polar surface area (TPSA) is 52.6 Å². The largest absolute Gasteiger partial charge is 0.462 e. The molecule has 1 rings (SSSR count). The Hall–Kier alpha value is -1.06. The van der Waals surface area contributed by atoms with Gasteiger partial charge in [0.25, 0.3) is 0 Å². The molecule has 0 bridgehead atoms. The van der Waals surface area contributed by atoms with E-state index in [0.29, 0.717) is 30.1 Å². The number of carbonyl (C=O) groups is 2. The maximum Gasteiger partial charge on any atom is 0.306 e. The second-order valence-electron chi connectivity index (χ2n) is 8.86. The molecule has 0 aliphatic heterocycles. The van der Waals surface area contributed by atoms with Crippen molar-refractivity contribution in [3.05, 3.63) is 0 Å². The third-order valence-electron chi connectivity index (χ3n) is 5.39. The van der Waals surface area contributed by atoms with Gasteiger partial charge >= 0.3 is 11.9 Å². The predicted molar refractivity (Wildman–Crippen MR) is 100 cm³/mol. The first-order chi connectivity index (χ1) is 11.6. The summed E-state index contributed by atoms with van der Waals surface area (Å²) in [6.07, 6.45) is 6.11. The van der Waals surface area contributed by atoms with E-state index in [1.165, 1.54) is 0 Å². The van der Waals surface area contributed by atoms with Crippen molar-refractivity contribution in [3.8, 4) is 0 Å². The Labute approximate surface area is 154 Å². The third-order valence-corrected chi connectivity index (χ3v) is 5.39. The zero-order chi connectivity index (χ0) is 19.0. The van der Waals surface area contributed by atoms with Crippen molar-refractivity contribution in [2.45, 2.75) is 105 Å². The van der Waals surface area contributed by atoms with Gasteiger partial charge in [0.15, 0.2) is 0 Å². The Kier molecular flexibility index (Phi) is 8.95. The highest BCUT2D eigenvalue weighted by Crippen LogP contribution is 2.38. The summed E-state index contributed by atoms with van der Waals surface area (Å²) in [7, 11) is 0. The van der Waals surface area contributed by atoms with E-state index in [0.717, 1.165) is 32.1 Å². The Morgan fingerprint density at radius 1 is 1.00 bits per heavy atom. The third kappa shape index (κ3) is 8.24. The van der Waals surface area contributed by atoms with Gasteiger partial charge in [-0.3, -0.25) is 9.59 Å². The Morgan fingerprint density at radius 2 is 1.56 bits per heavy atom. The monoisotopic (exact) mass is 354 g/mol. The van der Waals surface area contributed by atoms with Crippen molar-refractivity contribution in [1.82, 2.24) is 0 Å². The molecule has 0 N–H and O–H groups in total. The summed E-state index contributed by atoms with van der Waals surface area (Å²) in [5.41, 5.74) is 0.335. The average Bonchev–Trinajstić information content (AvgIpc) is 2.52. The van der Waals surface area contributed by atoms with E-state index >= 15 is 0 Å². The molecule has 0 radical (unpaired) electrons. The molecule has 0 aromatic heterocycles. The fraction of sp³-hybridized carbons (Fsp3) is 0.905. The Morgan fingerprint density at radius 3 is 2.04 bits per heavy atom. The van der Waals surface area contributed by atoms with Gasteiger partial charge in [0.1, 0.15) is 12.2 Å². The minimum atomic E-state index is -0.209. The van der Waals surface area contributed by atoms with Gasteiger partial charge in [0, 0.05) is 12.8 Å². The quantitative estimate of drug-likeness (QED) is 0.556. The standard InChI is InChI=1S/C21H38O4/c1-7-18(15(2)3)25-20(23)10-8-9-19(22)24-17-13-11-16(12-14-17)21(4,5)6/h15-18H,7-14H2,1-6H3. The summed E-state index contributed by atoms with van der Waals surface area (Å²) in [5.74, 6) is 0.647. The SMILES string of the molecule is CCC(OC(=O)CCCC(=O)OC1CCC(C(C)(C)C)CC1)C(C)C. The second kappa shape index (κ2) is 10.2. The molecule has 0 heterocycles. The molecule has 0 amide bonds. The van der Waals surface area contributed by atoms with E-state index in [9.17, 15) is 9.59 Å². The van der Waals surface area contributed by atoms with Gasteiger partial charge in [-0.05, 0) is 55.8 Å². The first kappa shape index (κ1) is 22.0. The highest BCUT2D eigenvalue weighted by atomic mass is 16.5. The summed E-state index contributed by atoms with van der Waals surface area (Å²) < 4.78 is 11.0.